The Morgan fingerprint density at radius 1 is 1.19 bits per heavy atom. The number of carbonyl (C=O) groups is 1. The topological polar surface area (TPSA) is 80.2 Å². The summed E-state index contributed by atoms with van der Waals surface area (Å²) in [6, 6.07) is 15.3. The molecule has 27 heavy (non-hydrogen) atoms. The molecule has 2 aromatic carbocycles. The first-order chi connectivity index (χ1) is 13.2. The summed E-state index contributed by atoms with van der Waals surface area (Å²) in [6.07, 6.45) is 1.52. The highest BCUT2D eigenvalue weighted by Gasteiger charge is 2.07. The molecule has 0 saturated carbocycles. The number of nitrogens with one attached hydrogen (secondary N) is 1. The van der Waals surface area contributed by atoms with Gasteiger partial charge in [0.05, 0.1) is 13.3 Å². The fraction of sp³-hybridized carbons (Fsp3) is 0.100. The fourth-order valence-corrected chi connectivity index (χ4v) is 2.89. The molecule has 138 valence electrons. The normalized spacial score (nSPS) is 10.7. The van der Waals surface area contributed by atoms with Crippen LogP contribution < -0.4 is 14.9 Å². The summed E-state index contributed by atoms with van der Waals surface area (Å²) in [5, 5.41) is 15.2. The molecule has 0 atom stereocenters. The average Bonchev–Trinajstić information content (AvgIpc) is 3.21. The van der Waals surface area contributed by atoms with Gasteiger partial charge in [0.1, 0.15) is 12.4 Å². The molecule has 1 amide bonds. The van der Waals surface area contributed by atoms with Gasteiger partial charge in [-0.2, -0.15) is 5.10 Å². The zero-order valence-corrected chi connectivity index (χ0v) is 15.4. The molecular formula is C20H18N2O4S. The van der Waals surface area contributed by atoms with Crippen molar-refractivity contribution in [3.8, 4) is 17.2 Å². The highest BCUT2D eigenvalue weighted by molar-refractivity contribution is 7.09. The van der Waals surface area contributed by atoms with E-state index in [2.05, 4.69) is 10.5 Å². The highest BCUT2D eigenvalue weighted by Crippen LogP contribution is 2.28. The lowest BCUT2D eigenvalue weighted by atomic mass is 10.2. The second kappa shape index (κ2) is 8.86. The third-order valence-electron chi connectivity index (χ3n) is 3.65. The zero-order valence-electron chi connectivity index (χ0n) is 14.6. The lowest BCUT2D eigenvalue weighted by Crippen LogP contribution is -2.17. The van der Waals surface area contributed by atoms with Gasteiger partial charge < -0.3 is 14.6 Å². The van der Waals surface area contributed by atoms with Gasteiger partial charge in [-0.15, -0.1) is 11.3 Å². The molecule has 6 nitrogen and oxygen atoms in total. The molecule has 0 spiro atoms. The van der Waals surface area contributed by atoms with Crippen molar-refractivity contribution in [2.75, 3.05) is 7.11 Å². The van der Waals surface area contributed by atoms with Crippen LogP contribution in [0.25, 0.3) is 0 Å². The van der Waals surface area contributed by atoms with E-state index in [4.69, 9.17) is 9.47 Å². The molecule has 0 aliphatic carbocycles. The lowest BCUT2D eigenvalue weighted by molar-refractivity contribution is 0.0955. The molecule has 7 heteroatoms. The van der Waals surface area contributed by atoms with Crippen molar-refractivity contribution < 1.29 is 19.4 Å². The number of nitrogens with zero attached hydrogens (tertiary/aromatic N) is 1. The summed E-state index contributed by atoms with van der Waals surface area (Å²) in [5.74, 6) is 0.953. The number of carbonyl (C=O) groups excluding carboxylic acids is 1. The quantitative estimate of drug-likeness (QED) is 0.481. The van der Waals surface area contributed by atoms with Crippen molar-refractivity contribution >= 4 is 23.5 Å². The van der Waals surface area contributed by atoms with E-state index in [1.54, 1.807) is 30.6 Å². The van der Waals surface area contributed by atoms with E-state index >= 15 is 0 Å². The minimum atomic E-state index is -0.367. The van der Waals surface area contributed by atoms with Crippen LogP contribution in [-0.4, -0.2) is 24.3 Å². The molecule has 0 fully saturated rings. The summed E-state index contributed by atoms with van der Waals surface area (Å²) in [7, 11) is 1.57. The van der Waals surface area contributed by atoms with E-state index in [1.165, 1.54) is 30.5 Å². The van der Waals surface area contributed by atoms with Crippen LogP contribution in [-0.2, 0) is 6.61 Å². The van der Waals surface area contributed by atoms with Gasteiger partial charge in [0.15, 0.2) is 11.5 Å². The van der Waals surface area contributed by atoms with Crippen molar-refractivity contribution in [3.63, 3.8) is 0 Å². The number of ether oxygens (including phenoxy) is 2. The van der Waals surface area contributed by atoms with Crippen LogP contribution in [0.15, 0.2) is 65.1 Å². The van der Waals surface area contributed by atoms with E-state index in [1.807, 2.05) is 23.6 Å². The van der Waals surface area contributed by atoms with Crippen molar-refractivity contribution in [3.05, 3.63) is 76.0 Å². The lowest BCUT2D eigenvalue weighted by Gasteiger charge is -2.10. The van der Waals surface area contributed by atoms with Gasteiger partial charge in [0.25, 0.3) is 5.91 Å². The third kappa shape index (κ3) is 5.08. The SMILES string of the molecule is COc1cc(/C=N\NC(=O)c2ccc(O)cc2)ccc1OCc1cccs1. The second-order valence-corrected chi connectivity index (χ2v) is 6.56. The molecule has 0 saturated heterocycles. The summed E-state index contributed by atoms with van der Waals surface area (Å²) < 4.78 is 11.2. The number of aromatic hydroxyl groups is 1. The smallest absolute Gasteiger partial charge is 0.271 e. The molecule has 1 aromatic heterocycles. The Morgan fingerprint density at radius 3 is 2.70 bits per heavy atom. The number of hydrogen-bond acceptors (Lipinski definition) is 6. The van der Waals surface area contributed by atoms with Gasteiger partial charge in [-0.05, 0) is 59.5 Å². The Kier molecular flexibility index (Phi) is 6.06. The molecule has 0 unspecified atom stereocenters. The second-order valence-electron chi connectivity index (χ2n) is 5.52. The van der Waals surface area contributed by atoms with E-state index in [-0.39, 0.29) is 11.7 Å². The third-order valence-corrected chi connectivity index (χ3v) is 4.50. The van der Waals surface area contributed by atoms with Crippen LogP contribution in [0.4, 0.5) is 0 Å². The van der Waals surface area contributed by atoms with Crippen LogP contribution in [0.5, 0.6) is 17.2 Å². The first-order valence-corrected chi connectivity index (χ1v) is 8.99. The molecule has 0 aliphatic rings. The number of benzene rings is 2. The Bertz CT molecular complexity index is 922. The van der Waals surface area contributed by atoms with Crippen LogP contribution in [0.3, 0.4) is 0 Å². The predicted molar refractivity (Wildman–Crippen MR) is 105 cm³/mol. The number of phenols is 1. The Morgan fingerprint density at radius 2 is 2.00 bits per heavy atom. The van der Waals surface area contributed by atoms with E-state index in [9.17, 15) is 9.90 Å². The molecule has 3 aromatic rings. The molecule has 2 N–H and O–H groups in total. The number of hydrogen-bond donors (Lipinski definition) is 2. The summed E-state index contributed by atoms with van der Waals surface area (Å²) in [6.45, 7) is 0.476. The summed E-state index contributed by atoms with van der Waals surface area (Å²) in [4.78, 5) is 13.1. The van der Waals surface area contributed by atoms with Crippen molar-refractivity contribution in [2.45, 2.75) is 6.61 Å². The summed E-state index contributed by atoms with van der Waals surface area (Å²) >= 11 is 1.63. The van der Waals surface area contributed by atoms with Crippen molar-refractivity contribution in [2.24, 2.45) is 5.10 Å². The first-order valence-electron chi connectivity index (χ1n) is 8.11. The van der Waals surface area contributed by atoms with Gasteiger partial charge in [-0.3, -0.25) is 4.79 Å². The van der Waals surface area contributed by atoms with Gasteiger partial charge >= 0.3 is 0 Å². The van der Waals surface area contributed by atoms with Crippen molar-refractivity contribution in [1.29, 1.82) is 0 Å². The standard InChI is InChI=1S/C20H18N2O4S/c1-25-19-11-14(4-9-18(19)26-13-17-3-2-10-27-17)12-21-22-20(24)15-5-7-16(23)8-6-15/h2-12,23H,13H2,1H3,(H,22,24)/b21-12-. The highest BCUT2D eigenvalue weighted by atomic mass is 32.1. The van der Waals surface area contributed by atoms with Crippen LogP contribution in [0, 0.1) is 0 Å². The number of phenolic OH excluding ortho intramolecular Hbond substituents is 1. The zero-order chi connectivity index (χ0) is 19.1. The number of amides is 1. The Labute approximate surface area is 160 Å². The molecule has 3 rings (SSSR count). The maximum Gasteiger partial charge on any atom is 0.271 e. The minimum Gasteiger partial charge on any atom is -0.508 e. The predicted octanol–water partition coefficient (Wildman–Crippen LogP) is 3.81. The van der Waals surface area contributed by atoms with Crippen molar-refractivity contribution in [1.82, 2.24) is 5.43 Å². The molecule has 0 radical (unpaired) electrons. The minimum absolute atomic E-state index is 0.100. The number of hydrazone groups is 1. The van der Waals surface area contributed by atoms with Crippen LogP contribution in [0.1, 0.15) is 20.8 Å². The molecule has 1 heterocycles. The molecular weight excluding hydrogens is 364 g/mol. The maximum absolute atomic E-state index is 12.0. The maximum atomic E-state index is 12.0. The number of methoxy groups -OCH3 is 1. The fourth-order valence-electron chi connectivity index (χ4n) is 2.27. The van der Waals surface area contributed by atoms with E-state index < -0.39 is 0 Å². The van der Waals surface area contributed by atoms with E-state index in [0.717, 1.165) is 10.4 Å². The first kappa shape index (κ1) is 18.5. The van der Waals surface area contributed by atoms with E-state index in [0.29, 0.717) is 23.7 Å². The van der Waals surface area contributed by atoms with Crippen LogP contribution in [0.2, 0.25) is 0 Å². The van der Waals surface area contributed by atoms with Crippen LogP contribution >= 0.6 is 11.3 Å². The largest absolute Gasteiger partial charge is 0.508 e. The Hall–Kier alpha value is -3.32. The molecule has 0 aliphatic heterocycles. The average molecular weight is 382 g/mol. The number of rotatable bonds is 7. The van der Waals surface area contributed by atoms with Gasteiger partial charge in [-0.25, -0.2) is 5.43 Å². The van der Waals surface area contributed by atoms with Gasteiger partial charge in [-0.1, -0.05) is 6.07 Å². The van der Waals surface area contributed by atoms with Gasteiger partial charge in [0, 0.05) is 10.4 Å². The monoisotopic (exact) mass is 382 g/mol. The Balaban J connectivity index is 1.61. The molecule has 0 bridgehead atoms. The summed E-state index contributed by atoms with van der Waals surface area (Å²) in [5.41, 5.74) is 3.59. The van der Waals surface area contributed by atoms with Gasteiger partial charge in [0.2, 0.25) is 0 Å². The number of thiophene rings is 1.